The van der Waals surface area contributed by atoms with Gasteiger partial charge in [0, 0.05) is 11.8 Å². The maximum absolute atomic E-state index is 13.2. The van der Waals surface area contributed by atoms with Crippen molar-refractivity contribution in [3.8, 4) is 0 Å². The first-order valence-electron chi connectivity index (χ1n) is 13.1. The minimum absolute atomic E-state index is 0.0107. The Morgan fingerprint density at radius 2 is 1.12 bits per heavy atom. The summed E-state index contributed by atoms with van der Waals surface area (Å²) in [7, 11) is 0. The number of carbonyl (C=O) groups is 2. The fourth-order valence-corrected chi connectivity index (χ4v) is 6.78. The molecule has 0 saturated heterocycles. The third-order valence-corrected chi connectivity index (χ3v) is 11.2. The molecule has 33 heavy (non-hydrogen) atoms. The lowest BCUT2D eigenvalue weighted by molar-refractivity contribution is -0.159. The SMILES string of the molecule is CCC(C)(CC)C(C)(C)C(C=O)C(C)(C)C(C)(C)C(C(N)=O)C(C)(C)CC(C)(C)C(C)(C)C. The van der Waals surface area contributed by atoms with E-state index in [1.54, 1.807) is 0 Å². The maximum atomic E-state index is 13.2. The zero-order valence-corrected chi connectivity index (χ0v) is 25.2. The van der Waals surface area contributed by atoms with Gasteiger partial charge in [-0.3, -0.25) is 4.79 Å². The standard InChI is InChI=1S/C30H59NO2/c1-17-30(16,18-2)28(12,13)21(19-32)27(10,11)29(14,15)22(23(31)33)25(6,7)20-26(8,9)24(3,4)5/h19,21-22H,17-18,20H2,1-16H3,(H2,31,33). The number of aldehydes is 1. The summed E-state index contributed by atoms with van der Waals surface area (Å²) in [5, 5.41) is 0. The molecule has 0 aromatic heterocycles. The summed E-state index contributed by atoms with van der Waals surface area (Å²) in [6.45, 7) is 35.6. The van der Waals surface area contributed by atoms with Gasteiger partial charge >= 0.3 is 0 Å². The van der Waals surface area contributed by atoms with Crippen LogP contribution < -0.4 is 5.73 Å². The van der Waals surface area contributed by atoms with E-state index in [0.717, 1.165) is 25.5 Å². The third kappa shape index (κ3) is 5.69. The van der Waals surface area contributed by atoms with Crippen molar-refractivity contribution >= 4 is 12.2 Å². The molecule has 0 bridgehead atoms. The largest absolute Gasteiger partial charge is 0.369 e. The van der Waals surface area contributed by atoms with E-state index in [0.29, 0.717) is 0 Å². The van der Waals surface area contributed by atoms with E-state index in [2.05, 4.69) is 111 Å². The Kier molecular flexibility index (Phi) is 9.40. The fraction of sp³-hybridized carbons (Fsp3) is 0.933. The highest BCUT2D eigenvalue weighted by atomic mass is 16.1. The molecule has 2 N–H and O–H groups in total. The van der Waals surface area contributed by atoms with Crippen molar-refractivity contribution in [2.45, 2.75) is 130 Å². The minimum atomic E-state index is -0.498. The van der Waals surface area contributed by atoms with Crippen LogP contribution in [0.5, 0.6) is 0 Å². The molecule has 196 valence electrons. The van der Waals surface area contributed by atoms with Crippen molar-refractivity contribution < 1.29 is 9.59 Å². The summed E-state index contributed by atoms with van der Waals surface area (Å²) in [5.74, 6) is -0.869. The molecule has 1 amide bonds. The summed E-state index contributed by atoms with van der Waals surface area (Å²) in [4.78, 5) is 26.0. The summed E-state index contributed by atoms with van der Waals surface area (Å²) < 4.78 is 0. The maximum Gasteiger partial charge on any atom is 0.221 e. The van der Waals surface area contributed by atoms with Gasteiger partial charge in [0.15, 0.2) is 0 Å². The number of nitrogens with two attached hydrogens (primary N) is 1. The van der Waals surface area contributed by atoms with Gasteiger partial charge in [-0.1, -0.05) is 124 Å². The normalized spacial score (nSPS) is 17.0. The van der Waals surface area contributed by atoms with Crippen molar-refractivity contribution in [2.75, 3.05) is 0 Å². The van der Waals surface area contributed by atoms with E-state index in [9.17, 15) is 9.59 Å². The Bertz CT molecular complexity index is 685. The first-order valence-corrected chi connectivity index (χ1v) is 13.1. The molecule has 0 spiro atoms. The minimum Gasteiger partial charge on any atom is -0.369 e. The van der Waals surface area contributed by atoms with Crippen LogP contribution in [-0.4, -0.2) is 12.2 Å². The molecule has 0 rings (SSSR count). The molecule has 0 aromatic carbocycles. The average Bonchev–Trinajstić information content (AvgIpc) is 2.57. The van der Waals surface area contributed by atoms with Crippen LogP contribution in [0.3, 0.4) is 0 Å². The van der Waals surface area contributed by atoms with Crippen LogP contribution in [0.1, 0.15) is 130 Å². The van der Waals surface area contributed by atoms with E-state index in [-0.39, 0.29) is 44.8 Å². The number of amides is 1. The Balaban J connectivity index is 6.77. The number of carbonyl (C=O) groups excluding carboxylic acids is 2. The second kappa shape index (κ2) is 9.65. The topological polar surface area (TPSA) is 60.2 Å². The van der Waals surface area contributed by atoms with Crippen molar-refractivity contribution in [3.05, 3.63) is 0 Å². The molecule has 0 aromatic rings. The van der Waals surface area contributed by atoms with Crippen LogP contribution in [0.15, 0.2) is 0 Å². The predicted octanol–water partition coefficient (Wildman–Crippen LogP) is 8.30. The van der Waals surface area contributed by atoms with Gasteiger partial charge in [-0.15, -0.1) is 0 Å². The van der Waals surface area contributed by atoms with Gasteiger partial charge in [-0.05, 0) is 44.3 Å². The van der Waals surface area contributed by atoms with E-state index >= 15 is 0 Å². The smallest absolute Gasteiger partial charge is 0.221 e. The molecule has 0 heterocycles. The van der Waals surface area contributed by atoms with Crippen molar-refractivity contribution in [2.24, 2.45) is 55.5 Å². The number of primary amides is 1. The lowest BCUT2D eigenvalue weighted by Crippen LogP contribution is -2.58. The van der Waals surface area contributed by atoms with Gasteiger partial charge < -0.3 is 10.5 Å². The molecular weight excluding hydrogens is 406 g/mol. The van der Waals surface area contributed by atoms with Gasteiger partial charge in [0.25, 0.3) is 0 Å². The Labute approximate surface area is 207 Å². The van der Waals surface area contributed by atoms with E-state index < -0.39 is 10.8 Å². The highest BCUT2D eigenvalue weighted by Crippen LogP contribution is 2.62. The second-order valence-corrected chi connectivity index (χ2v) is 15.2. The predicted molar refractivity (Wildman–Crippen MR) is 144 cm³/mol. The van der Waals surface area contributed by atoms with Gasteiger partial charge in [-0.2, -0.15) is 0 Å². The van der Waals surface area contributed by atoms with Crippen molar-refractivity contribution in [1.82, 2.24) is 0 Å². The highest BCUT2D eigenvalue weighted by molar-refractivity contribution is 5.78. The molecule has 2 unspecified atom stereocenters. The molecule has 3 heteroatoms. The lowest BCUT2D eigenvalue weighted by atomic mass is 9.44. The Hall–Kier alpha value is -0.860. The molecule has 0 radical (unpaired) electrons. The van der Waals surface area contributed by atoms with Gasteiger partial charge in [0.05, 0.1) is 0 Å². The molecule has 3 nitrogen and oxygen atoms in total. The van der Waals surface area contributed by atoms with Gasteiger partial charge in [-0.25, -0.2) is 0 Å². The first kappa shape index (κ1) is 32.1. The molecule has 2 atom stereocenters. The zero-order valence-electron chi connectivity index (χ0n) is 25.2. The van der Waals surface area contributed by atoms with Gasteiger partial charge in [0.2, 0.25) is 5.91 Å². The second-order valence-electron chi connectivity index (χ2n) is 15.2. The van der Waals surface area contributed by atoms with Gasteiger partial charge in [0.1, 0.15) is 6.29 Å². The fourth-order valence-electron chi connectivity index (χ4n) is 6.78. The molecule has 0 aliphatic rings. The van der Waals surface area contributed by atoms with Crippen LogP contribution in [0.25, 0.3) is 0 Å². The monoisotopic (exact) mass is 465 g/mol. The number of hydrogen-bond acceptors (Lipinski definition) is 2. The summed E-state index contributed by atoms with van der Waals surface area (Å²) in [5.41, 5.74) is 4.78. The van der Waals surface area contributed by atoms with E-state index in [1.165, 1.54) is 0 Å². The third-order valence-electron chi connectivity index (χ3n) is 11.2. The molecule has 0 fully saturated rings. The Morgan fingerprint density at radius 1 is 0.727 bits per heavy atom. The van der Waals surface area contributed by atoms with Crippen LogP contribution in [0, 0.1) is 49.7 Å². The van der Waals surface area contributed by atoms with Crippen LogP contribution in [0.2, 0.25) is 0 Å². The van der Waals surface area contributed by atoms with E-state index in [4.69, 9.17) is 5.73 Å². The van der Waals surface area contributed by atoms with Crippen molar-refractivity contribution in [3.63, 3.8) is 0 Å². The van der Waals surface area contributed by atoms with Crippen molar-refractivity contribution in [1.29, 1.82) is 0 Å². The molecule has 0 saturated carbocycles. The molecular formula is C30H59NO2. The summed E-state index contributed by atoms with van der Waals surface area (Å²) >= 11 is 0. The number of rotatable bonds is 12. The quantitative estimate of drug-likeness (QED) is 0.295. The average molecular weight is 466 g/mol. The van der Waals surface area contributed by atoms with Crippen LogP contribution in [-0.2, 0) is 9.59 Å². The van der Waals surface area contributed by atoms with Crippen LogP contribution >= 0.6 is 0 Å². The highest BCUT2D eigenvalue weighted by Gasteiger charge is 2.59. The molecule has 0 aliphatic heterocycles. The molecule has 0 aliphatic carbocycles. The van der Waals surface area contributed by atoms with Crippen LogP contribution in [0.4, 0.5) is 0 Å². The van der Waals surface area contributed by atoms with E-state index in [1.807, 2.05) is 0 Å². The zero-order chi connectivity index (χ0) is 27.1. The lowest BCUT2D eigenvalue weighted by Gasteiger charge is -2.60. The number of hydrogen-bond donors (Lipinski definition) is 1. The summed E-state index contributed by atoms with van der Waals surface area (Å²) in [6.07, 6.45) is 4.03. The summed E-state index contributed by atoms with van der Waals surface area (Å²) in [6, 6.07) is 0. The first-order chi connectivity index (χ1) is 14.3. The Morgan fingerprint density at radius 3 is 1.39 bits per heavy atom.